The third-order valence-corrected chi connectivity index (χ3v) is 2.91. The number of hydrogen-bond donors (Lipinski definition) is 0. The minimum absolute atomic E-state index is 0.116. The molecule has 0 N–H and O–H groups in total. The van der Waals surface area contributed by atoms with Gasteiger partial charge in [0.15, 0.2) is 0 Å². The molecular formula is C11H15FS. The van der Waals surface area contributed by atoms with Gasteiger partial charge in [0.25, 0.3) is 0 Å². The van der Waals surface area contributed by atoms with Crippen molar-refractivity contribution in [1.29, 1.82) is 0 Å². The highest BCUT2D eigenvalue weighted by Crippen LogP contribution is 2.34. The first kappa shape index (κ1) is 10.6. The lowest BCUT2D eigenvalue weighted by molar-refractivity contribution is 0.613. The molecule has 0 heterocycles. The molecule has 0 fully saturated rings. The van der Waals surface area contributed by atoms with Gasteiger partial charge in [-0.3, -0.25) is 0 Å². The summed E-state index contributed by atoms with van der Waals surface area (Å²) < 4.78 is 13.3. The van der Waals surface area contributed by atoms with Crippen molar-refractivity contribution in [3.8, 4) is 0 Å². The van der Waals surface area contributed by atoms with E-state index >= 15 is 0 Å². The third kappa shape index (κ3) is 3.03. The Morgan fingerprint density at radius 1 is 1.23 bits per heavy atom. The van der Waals surface area contributed by atoms with Gasteiger partial charge in [0.05, 0.1) is 0 Å². The molecule has 1 rings (SSSR count). The van der Waals surface area contributed by atoms with Gasteiger partial charge < -0.3 is 0 Å². The van der Waals surface area contributed by atoms with E-state index in [1.54, 1.807) is 17.8 Å². The second-order valence-corrected chi connectivity index (χ2v) is 5.95. The average molecular weight is 198 g/mol. The van der Waals surface area contributed by atoms with E-state index in [-0.39, 0.29) is 10.6 Å². The van der Waals surface area contributed by atoms with E-state index in [4.69, 9.17) is 0 Å². The van der Waals surface area contributed by atoms with Crippen LogP contribution < -0.4 is 0 Å². The van der Waals surface area contributed by atoms with Crippen molar-refractivity contribution in [2.75, 3.05) is 0 Å². The van der Waals surface area contributed by atoms with Crippen molar-refractivity contribution < 1.29 is 4.39 Å². The summed E-state index contributed by atoms with van der Waals surface area (Å²) in [5, 5.41) is 0. The van der Waals surface area contributed by atoms with Crippen LogP contribution in [0.3, 0.4) is 0 Å². The van der Waals surface area contributed by atoms with E-state index in [1.807, 2.05) is 13.0 Å². The van der Waals surface area contributed by atoms with Gasteiger partial charge in [-0.15, -0.1) is 11.8 Å². The zero-order valence-corrected chi connectivity index (χ0v) is 9.33. The molecule has 0 aliphatic carbocycles. The minimum atomic E-state index is -0.116. The van der Waals surface area contributed by atoms with Crippen molar-refractivity contribution in [2.24, 2.45) is 0 Å². The highest BCUT2D eigenvalue weighted by molar-refractivity contribution is 8.00. The molecule has 0 aliphatic rings. The van der Waals surface area contributed by atoms with Crippen molar-refractivity contribution in [3.63, 3.8) is 0 Å². The van der Waals surface area contributed by atoms with Gasteiger partial charge in [0, 0.05) is 9.64 Å². The first-order chi connectivity index (χ1) is 5.90. The monoisotopic (exact) mass is 198 g/mol. The maximum Gasteiger partial charge on any atom is 0.127 e. The first-order valence-corrected chi connectivity index (χ1v) is 5.16. The standard InChI is InChI=1S/C11H15FS/c1-8-9(12)6-5-7-10(8)13-11(2,3)4/h5-7H,1-4H3. The lowest BCUT2D eigenvalue weighted by atomic mass is 10.2. The molecule has 13 heavy (non-hydrogen) atoms. The third-order valence-electron chi connectivity index (χ3n) is 1.63. The molecular weight excluding hydrogens is 183 g/mol. The Morgan fingerprint density at radius 3 is 2.38 bits per heavy atom. The van der Waals surface area contributed by atoms with E-state index in [0.717, 1.165) is 10.5 Å². The van der Waals surface area contributed by atoms with E-state index in [0.29, 0.717) is 0 Å². The molecule has 1 aromatic carbocycles. The molecule has 1 aromatic rings. The van der Waals surface area contributed by atoms with Crippen LogP contribution in [0.4, 0.5) is 4.39 Å². The Balaban J connectivity index is 2.96. The largest absolute Gasteiger partial charge is 0.207 e. The van der Waals surface area contributed by atoms with Crippen LogP contribution in [-0.4, -0.2) is 4.75 Å². The summed E-state index contributed by atoms with van der Waals surface area (Å²) in [7, 11) is 0. The molecule has 0 amide bonds. The molecule has 0 aromatic heterocycles. The molecule has 0 bridgehead atoms. The molecule has 72 valence electrons. The summed E-state index contributed by atoms with van der Waals surface area (Å²) in [6.07, 6.45) is 0. The average Bonchev–Trinajstić information content (AvgIpc) is 1.96. The highest BCUT2D eigenvalue weighted by Gasteiger charge is 2.14. The van der Waals surface area contributed by atoms with Gasteiger partial charge in [-0.1, -0.05) is 26.8 Å². The van der Waals surface area contributed by atoms with Crippen LogP contribution in [0.5, 0.6) is 0 Å². The van der Waals surface area contributed by atoms with Crippen molar-refractivity contribution >= 4 is 11.8 Å². The van der Waals surface area contributed by atoms with Gasteiger partial charge in [-0.05, 0) is 24.6 Å². The highest BCUT2D eigenvalue weighted by atomic mass is 32.2. The van der Waals surface area contributed by atoms with Gasteiger partial charge >= 0.3 is 0 Å². The Kier molecular flexibility index (Phi) is 3.01. The lowest BCUT2D eigenvalue weighted by Crippen LogP contribution is -2.07. The molecule has 0 nitrogen and oxygen atoms in total. The van der Waals surface area contributed by atoms with Gasteiger partial charge in [-0.25, -0.2) is 4.39 Å². The Labute approximate surface area is 83.5 Å². The van der Waals surface area contributed by atoms with Crippen LogP contribution in [0.25, 0.3) is 0 Å². The topological polar surface area (TPSA) is 0 Å². The van der Waals surface area contributed by atoms with Crippen LogP contribution in [0.15, 0.2) is 23.1 Å². The van der Waals surface area contributed by atoms with Gasteiger partial charge in [0.2, 0.25) is 0 Å². The molecule has 0 unspecified atom stereocenters. The molecule has 0 saturated heterocycles. The van der Waals surface area contributed by atoms with Gasteiger partial charge in [0.1, 0.15) is 5.82 Å². The summed E-state index contributed by atoms with van der Waals surface area (Å²) in [4.78, 5) is 1.03. The van der Waals surface area contributed by atoms with Crippen LogP contribution >= 0.6 is 11.8 Å². The molecule has 2 heteroatoms. The summed E-state index contributed by atoms with van der Waals surface area (Å²) in [5.41, 5.74) is 0.752. The normalized spacial score (nSPS) is 11.8. The second-order valence-electron chi connectivity index (χ2n) is 4.08. The van der Waals surface area contributed by atoms with Crippen LogP contribution in [0, 0.1) is 12.7 Å². The predicted octanol–water partition coefficient (Wildman–Crippen LogP) is 4.02. The summed E-state index contributed by atoms with van der Waals surface area (Å²) in [5.74, 6) is -0.116. The predicted molar refractivity (Wildman–Crippen MR) is 56.7 cm³/mol. The number of rotatable bonds is 1. The SMILES string of the molecule is Cc1c(F)cccc1SC(C)(C)C. The smallest absolute Gasteiger partial charge is 0.127 e. The van der Waals surface area contributed by atoms with E-state index < -0.39 is 0 Å². The van der Waals surface area contributed by atoms with Crippen molar-refractivity contribution in [1.82, 2.24) is 0 Å². The summed E-state index contributed by atoms with van der Waals surface area (Å²) in [6, 6.07) is 5.23. The van der Waals surface area contributed by atoms with Crippen LogP contribution in [-0.2, 0) is 0 Å². The molecule has 0 aliphatic heterocycles. The lowest BCUT2D eigenvalue weighted by Gasteiger charge is -2.18. The summed E-state index contributed by atoms with van der Waals surface area (Å²) in [6.45, 7) is 8.20. The zero-order valence-electron chi connectivity index (χ0n) is 8.52. The maximum atomic E-state index is 13.1. The summed E-state index contributed by atoms with van der Waals surface area (Å²) >= 11 is 1.70. The molecule has 0 spiro atoms. The molecule has 0 saturated carbocycles. The number of thioether (sulfide) groups is 1. The quantitative estimate of drug-likeness (QED) is 0.614. The van der Waals surface area contributed by atoms with E-state index in [9.17, 15) is 4.39 Å². The fourth-order valence-electron chi connectivity index (χ4n) is 1.03. The van der Waals surface area contributed by atoms with Crippen molar-refractivity contribution in [2.45, 2.75) is 37.3 Å². The van der Waals surface area contributed by atoms with Crippen LogP contribution in [0.2, 0.25) is 0 Å². The van der Waals surface area contributed by atoms with E-state index in [2.05, 4.69) is 20.8 Å². The molecule has 0 atom stereocenters. The number of halogens is 1. The minimum Gasteiger partial charge on any atom is -0.207 e. The first-order valence-electron chi connectivity index (χ1n) is 4.34. The zero-order chi connectivity index (χ0) is 10.1. The fourth-order valence-corrected chi connectivity index (χ4v) is 2.09. The fraction of sp³-hybridized carbons (Fsp3) is 0.455. The number of hydrogen-bond acceptors (Lipinski definition) is 1. The van der Waals surface area contributed by atoms with Crippen LogP contribution in [0.1, 0.15) is 26.3 Å². The maximum absolute atomic E-state index is 13.1. The number of benzene rings is 1. The Morgan fingerprint density at radius 2 is 1.85 bits per heavy atom. The Hall–Kier alpha value is -0.500. The Bertz CT molecular complexity index is 299. The van der Waals surface area contributed by atoms with Crippen molar-refractivity contribution in [3.05, 3.63) is 29.6 Å². The second kappa shape index (κ2) is 3.70. The van der Waals surface area contributed by atoms with E-state index in [1.165, 1.54) is 6.07 Å². The van der Waals surface area contributed by atoms with Gasteiger partial charge in [-0.2, -0.15) is 0 Å². The molecule has 0 radical (unpaired) electrons.